The molecule has 3 aliphatic heterocycles. The molecule has 5 rings (SSSR count). The van der Waals surface area contributed by atoms with Crippen molar-refractivity contribution in [3.05, 3.63) is 47.5 Å². The van der Waals surface area contributed by atoms with Crippen LogP contribution in [-0.4, -0.2) is 49.8 Å². The molecule has 2 saturated heterocycles. The molecular weight excluding hydrogens is 356 g/mol. The predicted molar refractivity (Wildman–Crippen MR) is 105 cm³/mol. The molecule has 0 N–H and O–H groups in total. The summed E-state index contributed by atoms with van der Waals surface area (Å²) in [6.45, 7) is 4.84. The number of benzene rings is 2. The molecule has 3 aliphatic rings. The Morgan fingerprint density at radius 1 is 1.11 bits per heavy atom. The Balaban J connectivity index is 1.33. The SMILES string of the molecule is COc1ccc(N2C(=O)[C@@H]3C[C@H]2CN3Cc2ccc3c(c2)OCCO3)c(C)c1. The summed E-state index contributed by atoms with van der Waals surface area (Å²) in [5.41, 5.74) is 3.22. The first-order valence-electron chi connectivity index (χ1n) is 9.74. The second-order valence-corrected chi connectivity index (χ2v) is 7.67. The first-order chi connectivity index (χ1) is 13.6. The maximum Gasteiger partial charge on any atom is 0.244 e. The maximum absolute atomic E-state index is 13.1. The van der Waals surface area contributed by atoms with Crippen LogP contribution in [0, 0.1) is 6.92 Å². The predicted octanol–water partition coefficient (Wildman–Crippen LogP) is 2.76. The zero-order valence-electron chi connectivity index (χ0n) is 16.2. The quantitative estimate of drug-likeness (QED) is 0.816. The van der Waals surface area contributed by atoms with E-state index in [9.17, 15) is 4.79 Å². The number of piperazine rings is 1. The van der Waals surface area contributed by atoms with Crippen LogP contribution in [0.1, 0.15) is 17.5 Å². The highest BCUT2D eigenvalue weighted by Crippen LogP contribution is 2.39. The summed E-state index contributed by atoms with van der Waals surface area (Å²) in [5.74, 6) is 2.62. The Morgan fingerprint density at radius 2 is 1.93 bits per heavy atom. The first kappa shape index (κ1) is 17.4. The molecule has 0 aromatic heterocycles. The van der Waals surface area contributed by atoms with Crippen molar-refractivity contribution in [2.75, 3.05) is 31.8 Å². The number of anilines is 1. The second kappa shape index (κ2) is 6.71. The van der Waals surface area contributed by atoms with Gasteiger partial charge in [0.15, 0.2) is 11.5 Å². The lowest BCUT2D eigenvalue weighted by atomic mass is 10.1. The van der Waals surface area contributed by atoms with Crippen LogP contribution in [0.25, 0.3) is 0 Å². The van der Waals surface area contributed by atoms with E-state index in [1.165, 1.54) is 0 Å². The average Bonchev–Trinajstić information content (AvgIpc) is 3.25. The normalized spacial score (nSPS) is 23.4. The van der Waals surface area contributed by atoms with Crippen molar-refractivity contribution in [3.8, 4) is 17.2 Å². The third kappa shape index (κ3) is 2.79. The van der Waals surface area contributed by atoms with Crippen LogP contribution >= 0.6 is 0 Å². The largest absolute Gasteiger partial charge is 0.497 e. The number of nitrogens with zero attached hydrogens (tertiary/aromatic N) is 2. The molecule has 3 heterocycles. The number of amides is 1. The van der Waals surface area contributed by atoms with Crippen molar-refractivity contribution in [3.63, 3.8) is 0 Å². The number of hydrogen-bond acceptors (Lipinski definition) is 5. The Hall–Kier alpha value is -2.73. The molecule has 2 aromatic carbocycles. The van der Waals surface area contributed by atoms with E-state index in [-0.39, 0.29) is 18.0 Å². The summed E-state index contributed by atoms with van der Waals surface area (Å²) in [7, 11) is 1.66. The summed E-state index contributed by atoms with van der Waals surface area (Å²) in [6.07, 6.45) is 0.884. The number of rotatable bonds is 4. The monoisotopic (exact) mass is 380 g/mol. The van der Waals surface area contributed by atoms with E-state index >= 15 is 0 Å². The molecule has 1 amide bonds. The van der Waals surface area contributed by atoms with Gasteiger partial charge in [0, 0.05) is 18.8 Å². The van der Waals surface area contributed by atoms with Crippen LogP contribution in [0.3, 0.4) is 0 Å². The van der Waals surface area contributed by atoms with Gasteiger partial charge in [0.1, 0.15) is 19.0 Å². The van der Waals surface area contributed by atoms with Crippen LogP contribution in [0.4, 0.5) is 5.69 Å². The van der Waals surface area contributed by atoms with Gasteiger partial charge in [-0.1, -0.05) is 6.07 Å². The number of fused-ring (bicyclic) bond motifs is 3. The fourth-order valence-electron chi connectivity index (χ4n) is 4.60. The first-order valence-corrected chi connectivity index (χ1v) is 9.74. The molecule has 0 aliphatic carbocycles. The van der Waals surface area contributed by atoms with E-state index in [0.717, 1.165) is 53.6 Å². The van der Waals surface area contributed by atoms with Gasteiger partial charge in [-0.05, 0) is 54.8 Å². The van der Waals surface area contributed by atoms with Gasteiger partial charge in [0.25, 0.3) is 0 Å². The number of carbonyl (C=O) groups is 1. The molecule has 2 fully saturated rings. The number of hydrogen-bond donors (Lipinski definition) is 0. The summed E-state index contributed by atoms with van der Waals surface area (Å²) in [5, 5.41) is 0. The standard InChI is InChI=1S/C22H24N2O4/c1-14-9-17(26-2)4-5-18(14)24-16-11-19(22(24)25)23(13-16)12-15-3-6-20-21(10-15)28-8-7-27-20/h3-6,9-10,16,19H,7-8,11-13H2,1-2H3/t16-,19-/m0/s1. The molecular formula is C22H24N2O4. The summed E-state index contributed by atoms with van der Waals surface area (Å²) >= 11 is 0. The molecule has 0 radical (unpaired) electrons. The van der Waals surface area contributed by atoms with E-state index in [4.69, 9.17) is 14.2 Å². The Kier molecular flexibility index (Phi) is 4.16. The molecule has 0 saturated carbocycles. The van der Waals surface area contributed by atoms with Crippen LogP contribution in [0.15, 0.2) is 36.4 Å². The van der Waals surface area contributed by atoms with Crippen molar-refractivity contribution in [1.82, 2.24) is 4.90 Å². The van der Waals surface area contributed by atoms with Crippen LogP contribution in [-0.2, 0) is 11.3 Å². The fourth-order valence-corrected chi connectivity index (χ4v) is 4.60. The number of carbonyl (C=O) groups excluding carboxylic acids is 1. The minimum atomic E-state index is -0.0558. The smallest absolute Gasteiger partial charge is 0.244 e. The topological polar surface area (TPSA) is 51.2 Å². The molecule has 0 spiro atoms. The zero-order valence-corrected chi connectivity index (χ0v) is 16.2. The highest BCUT2D eigenvalue weighted by Gasteiger charge is 2.50. The van der Waals surface area contributed by atoms with Gasteiger partial charge < -0.3 is 19.1 Å². The van der Waals surface area contributed by atoms with Gasteiger partial charge in [0.05, 0.1) is 19.2 Å². The van der Waals surface area contributed by atoms with Gasteiger partial charge >= 0.3 is 0 Å². The minimum absolute atomic E-state index is 0.0558. The average molecular weight is 380 g/mol. The van der Waals surface area contributed by atoms with Crippen molar-refractivity contribution >= 4 is 11.6 Å². The van der Waals surface area contributed by atoms with Crippen LogP contribution in [0.5, 0.6) is 17.2 Å². The van der Waals surface area contributed by atoms with Crippen LogP contribution in [0.2, 0.25) is 0 Å². The third-order valence-corrected chi connectivity index (χ3v) is 5.92. The number of ether oxygens (including phenoxy) is 3. The minimum Gasteiger partial charge on any atom is -0.497 e. The van der Waals surface area contributed by atoms with E-state index in [2.05, 4.69) is 11.0 Å². The lowest BCUT2D eigenvalue weighted by Gasteiger charge is -2.34. The lowest BCUT2D eigenvalue weighted by Crippen LogP contribution is -2.50. The summed E-state index contributed by atoms with van der Waals surface area (Å²) in [6, 6.07) is 12.1. The van der Waals surface area contributed by atoms with Crippen molar-refractivity contribution in [2.45, 2.75) is 32.0 Å². The molecule has 28 heavy (non-hydrogen) atoms. The zero-order chi connectivity index (χ0) is 19.3. The molecule has 2 atom stereocenters. The highest BCUT2D eigenvalue weighted by molar-refractivity contribution is 6.01. The van der Waals surface area contributed by atoms with E-state index in [1.54, 1.807) is 7.11 Å². The Morgan fingerprint density at radius 3 is 2.68 bits per heavy atom. The number of aryl methyl sites for hydroxylation is 1. The van der Waals surface area contributed by atoms with Gasteiger partial charge in [-0.15, -0.1) is 0 Å². The molecule has 0 unspecified atom stereocenters. The molecule has 6 heteroatoms. The van der Waals surface area contributed by atoms with Gasteiger partial charge in [-0.2, -0.15) is 0 Å². The summed E-state index contributed by atoms with van der Waals surface area (Å²) < 4.78 is 16.6. The van der Waals surface area contributed by atoms with E-state index in [0.29, 0.717) is 13.2 Å². The van der Waals surface area contributed by atoms with E-state index in [1.807, 2.05) is 42.2 Å². The molecule has 6 nitrogen and oxygen atoms in total. The molecule has 2 bridgehead atoms. The van der Waals surface area contributed by atoms with Crippen molar-refractivity contribution in [2.24, 2.45) is 0 Å². The van der Waals surface area contributed by atoms with Gasteiger partial charge in [0.2, 0.25) is 5.91 Å². The second-order valence-electron chi connectivity index (χ2n) is 7.67. The van der Waals surface area contributed by atoms with E-state index < -0.39 is 0 Å². The lowest BCUT2D eigenvalue weighted by molar-refractivity contribution is -0.122. The van der Waals surface area contributed by atoms with Gasteiger partial charge in [-0.3, -0.25) is 9.69 Å². The fraction of sp³-hybridized carbons (Fsp3) is 0.409. The number of likely N-dealkylation sites (tertiary alicyclic amines) is 1. The Labute approximate surface area is 164 Å². The highest BCUT2D eigenvalue weighted by atomic mass is 16.6. The maximum atomic E-state index is 13.1. The summed E-state index contributed by atoms with van der Waals surface area (Å²) in [4.78, 5) is 17.4. The van der Waals surface area contributed by atoms with Crippen molar-refractivity contribution < 1.29 is 19.0 Å². The van der Waals surface area contributed by atoms with Crippen LogP contribution < -0.4 is 19.1 Å². The molecule has 2 aromatic rings. The van der Waals surface area contributed by atoms with Crippen molar-refractivity contribution in [1.29, 1.82) is 0 Å². The Bertz CT molecular complexity index is 929. The molecule has 146 valence electrons. The third-order valence-electron chi connectivity index (χ3n) is 5.92. The number of methoxy groups -OCH3 is 1. The van der Waals surface area contributed by atoms with Gasteiger partial charge in [-0.25, -0.2) is 0 Å².